The van der Waals surface area contributed by atoms with E-state index in [1.807, 2.05) is 28.8 Å². The number of thiophene rings is 1. The monoisotopic (exact) mass is 479 g/mol. The van der Waals surface area contributed by atoms with Crippen molar-refractivity contribution in [3.05, 3.63) is 52.9 Å². The van der Waals surface area contributed by atoms with Crippen LogP contribution in [0.5, 0.6) is 5.75 Å². The van der Waals surface area contributed by atoms with E-state index in [0.717, 1.165) is 36.1 Å². The number of benzene rings is 1. The van der Waals surface area contributed by atoms with E-state index in [4.69, 9.17) is 4.74 Å². The number of methoxy groups -OCH3 is 1. The zero-order valence-corrected chi connectivity index (χ0v) is 20.3. The van der Waals surface area contributed by atoms with E-state index >= 15 is 0 Å². The van der Waals surface area contributed by atoms with Gasteiger partial charge in [-0.15, -0.1) is 28.1 Å². The first-order chi connectivity index (χ1) is 16.0. The van der Waals surface area contributed by atoms with Gasteiger partial charge in [0, 0.05) is 17.0 Å². The third kappa shape index (κ3) is 4.97. The van der Waals surface area contributed by atoms with Crippen LogP contribution in [0.3, 0.4) is 0 Å². The van der Waals surface area contributed by atoms with Gasteiger partial charge in [0.2, 0.25) is 5.91 Å². The minimum Gasteiger partial charge on any atom is -0.497 e. The normalized spacial score (nSPS) is 14.9. The maximum atomic E-state index is 12.7. The molecule has 1 amide bonds. The molecule has 4 rings (SSSR count). The number of fused-ring (bicyclic) bond motifs is 1. The first kappa shape index (κ1) is 23.1. The lowest BCUT2D eigenvalue weighted by Crippen LogP contribution is -2.15. The van der Waals surface area contributed by atoms with Gasteiger partial charge in [0.15, 0.2) is 11.0 Å². The van der Waals surface area contributed by atoms with Crippen LogP contribution < -0.4 is 10.1 Å². The van der Waals surface area contributed by atoms with Crippen molar-refractivity contribution in [3.63, 3.8) is 0 Å². The number of rotatable bonds is 8. The van der Waals surface area contributed by atoms with Gasteiger partial charge in [-0.3, -0.25) is 9.36 Å². The van der Waals surface area contributed by atoms with Crippen LogP contribution in [0.2, 0.25) is 0 Å². The van der Waals surface area contributed by atoms with Crippen LogP contribution in [-0.4, -0.2) is 33.5 Å². The number of hydrogen-bond acceptors (Lipinski definition) is 7. The first-order valence-corrected chi connectivity index (χ1v) is 12.5. The van der Waals surface area contributed by atoms with Crippen LogP contribution in [0.15, 0.2) is 42.1 Å². The van der Waals surface area contributed by atoms with Crippen molar-refractivity contribution < 1.29 is 9.53 Å². The van der Waals surface area contributed by atoms with Gasteiger partial charge < -0.3 is 10.1 Å². The van der Waals surface area contributed by atoms with Gasteiger partial charge in [0.05, 0.1) is 18.4 Å². The van der Waals surface area contributed by atoms with E-state index in [1.54, 1.807) is 13.2 Å². The van der Waals surface area contributed by atoms with E-state index in [-0.39, 0.29) is 11.7 Å². The fraction of sp³-hybridized carbons (Fsp3) is 0.333. The number of nitrogens with one attached hydrogen (secondary N) is 1. The molecule has 0 saturated carbocycles. The molecule has 0 saturated heterocycles. The minimum absolute atomic E-state index is 0.165. The summed E-state index contributed by atoms with van der Waals surface area (Å²) >= 11 is 2.85. The molecule has 170 valence electrons. The van der Waals surface area contributed by atoms with Crippen LogP contribution in [0.25, 0.3) is 11.4 Å². The summed E-state index contributed by atoms with van der Waals surface area (Å²) in [5.74, 6) is 2.08. The summed E-state index contributed by atoms with van der Waals surface area (Å²) in [4.78, 5) is 13.9. The Balaban J connectivity index is 1.47. The molecule has 0 bridgehead atoms. The van der Waals surface area contributed by atoms with Gasteiger partial charge in [-0.1, -0.05) is 24.8 Å². The topological polar surface area (TPSA) is 92.8 Å². The number of amides is 1. The molecule has 1 aliphatic carbocycles. The number of nitrogens with zero attached hydrogens (tertiary/aromatic N) is 4. The maximum absolute atomic E-state index is 12.7. The Morgan fingerprint density at radius 1 is 1.42 bits per heavy atom. The highest BCUT2D eigenvalue weighted by molar-refractivity contribution is 7.99. The molecule has 0 aliphatic heterocycles. The van der Waals surface area contributed by atoms with Crippen molar-refractivity contribution in [2.24, 2.45) is 5.92 Å². The molecule has 1 atom stereocenters. The number of ether oxygens (including phenoxy) is 1. The van der Waals surface area contributed by atoms with Gasteiger partial charge in [-0.2, -0.15) is 5.26 Å². The molecule has 0 radical (unpaired) electrons. The van der Waals surface area contributed by atoms with Gasteiger partial charge in [-0.05, 0) is 55.0 Å². The first-order valence-electron chi connectivity index (χ1n) is 10.7. The van der Waals surface area contributed by atoms with Crippen molar-refractivity contribution >= 4 is 34.0 Å². The smallest absolute Gasteiger partial charge is 0.235 e. The molecule has 33 heavy (non-hydrogen) atoms. The van der Waals surface area contributed by atoms with Crippen LogP contribution in [0.1, 0.15) is 29.3 Å². The lowest BCUT2D eigenvalue weighted by Gasteiger charge is -2.17. The number of anilines is 1. The van der Waals surface area contributed by atoms with E-state index in [2.05, 4.69) is 35.1 Å². The van der Waals surface area contributed by atoms with Crippen molar-refractivity contribution in [3.8, 4) is 23.2 Å². The molecule has 1 unspecified atom stereocenters. The summed E-state index contributed by atoms with van der Waals surface area (Å²) in [6.07, 6.45) is 4.73. The third-order valence-corrected chi connectivity index (χ3v) is 7.72. The Labute approximate surface area is 201 Å². The van der Waals surface area contributed by atoms with Crippen molar-refractivity contribution in [1.29, 1.82) is 5.26 Å². The third-order valence-electron chi connectivity index (χ3n) is 5.59. The Hall–Kier alpha value is -3.09. The number of aromatic nitrogens is 3. The Kier molecular flexibility index (Phi) is 7.16. The predicted octanol–water partition coefficient (Wildman–Crippen LogP) is 4.93. The second-order valence-corrected chi connectivity index (χ2v) is 9.99. The average molecular weight is 480 g/mol. The lowest BCUT2D eigenvalue weighted by atomic mass is 9.89. The number of carbonyl (C=O) groups is 1. The molecular formula is C24H25N5O2S2. The quantitative estimate of drug-likeness (QED) is 0.364. The van der Waals surface area contributed by atoms with Gasteiger partial charge in [0.25, 0.3) is 0 Å². The highest BCUT2D eigenvalue weighted by atomic mass is 32.2. The largest absolute Gasteiger partial charge is 0.497 e. The summed E-state index contributed by atoms with van der Waals surface area (Å²) < 4.78 is 7.15. The van der Waals surface area contributed by atoms with Gasteiger partial charge in [-0.25, -0.2) is 0 Å². The number of nitriles is 1. The second-order valence-electron chi connectivity index (χ2n) is 7.94. The molecule has 0 fully saturated rings. The number of hydrogen-bond donors (Lipinski definition) is 1. The Morgan fingerprint density at radius 2 is 2.21 bits per heavy atom. The fourth-order valence-electron chi connectivity index (χ4n) is 3.89. The standard InChI is InChI=1S/C24H25N5O2S2/c1-4-11-29-22(16-6-8-17(31-3)9-7-16)27-28-24(29)32-14-21(30)26-23-19(13-25)18-10-5-15(2)12-20(18)33-23/h4,6-9,15H,1,5,10-12,14H2,2-3H3,(H,26,30). The molecule has 1 N–H and O–H groups in total. The van der Waals surface area contributed by atoms with Crippen molar-refractivity contribution in [1.82, 2.24) is 14.8 Å². The van der Waals surface area contributed by atoms with E-state index < -0.39 is 0 Å². The zero-order chi connectivity index (χ0) is 23.4. The highest BCUT2D eigenvalue weighted by Gasteiger charge is 2.25. The van der Waals surface area contributed by atoms with Crippen molar-refractivity contribution in [2.75, 3.05) is 18.2 Å². The Bertz CT molecular complexity index is 1210. The predicted molar refractivity (Wildman–Crippen MR) is 132 cm³/mol. The van der Waals surface area contributed by atoms with Crippen LogP contribution >= 0.6 is 23.1 Å². The van der Waals surface area contributed by atoms with E-state index in [9.17, 15) is 10.1 Å². The molecule has 0 spiro atoms. The lowest BCUT2D eigenvalue weighted by molar-refractivity contribution is -0.113. The average Bonchev–Trinajstić information content (AvgIpc) is 3.37. The summed E-state index contributed by atoms with van der Waals surface area (Å²) in [5, 5.41) is 22.5. The molecule has 1 aliphatic rings. The maximum Gasteiger partial charge on any atom is 0.235 e. The SMILES string of the molecule is C=CCn1c(SCC(=O)Nc2sc3c(c2C#N)CCC(C)C3)nnc1-c1ccc(OC)cc1. The van der Waals surface area contributed by atoms with Crippen LogP contribution in [-0.2, 0) is 24.2 Å². The molecule has 1 aromatic carbocycles. The second kappa shape index (κ2) is 10.2. The Morgan fingerprint density at radius 3 is 2.91 bits per heavy atom. The molecule has 9 heteroatoms. The summed E-state index contributed by atoms with van der Waals surface area (Å²) in [5.41, 5.74) is 2.63. The van der Waals surface area contributed by atoms with E-state index in [0.29, 0.717) is 34.0 Å². The van der Waals surface area contributed by atoms with Gasteiger partial charge in [0.1, 0.15) is 16.8 Å². The van der Waals surface area contributed by atoms with E-state index in [1.165, 1.54) is 28.0 Å². The zero-order valence-electron chi connectivity index (χ0n) is 18.6. The summed E-state index contributed by atoms with van der Waals surface area (Å²) in [6.45, 7) is 6.58. The molecule has 2 heterocycles. The van der Waals surface area contributed by atoms with Crippen molar-refractivity contribution in [2.45, 2.75) is 37.9 Å². The minimum atomic E-state index is -0.165. The fourth-order valence-corrected chi connectivity index (χ4v) is 6.02. The number of thioether (sulfide) groups is 1. The summed E-state index contributed by atoms with van der Waals surface area (Å²) in [7, 11) is 1.63. The van der Waals surface area contributed by atoms with Crippen LogP contribution in [0, 0.1) is 17.2 Å². The molecule has 2 aromatic heterocycles. The molecule has 3 aromatic rings. The number of carbonyl (C=O) groups excluding carboxylic acids is 1. The molecular weight excluding hydrogens is 454 g/mol. The number of allylic oxidation sites excluding steroid dienone is 1. The van der Waals surface area contributed by atoms with Gasteiger partial charge >= 0.3 is 0 Å². The summed E-state index contributed by atoms with van der Waals surface area (Å²) in [6, 6.07) is 9.89. The molecule has 7 nitrogen and oxygen atoms in total. The van der Waals surface area contributed by atoms with Crippen LogP contribution in [0.4, 0.5) is 5.00 Å². The highest BCUT2D eigenvalue weighted by Crippen LogP contribution is 2.39.